The van der Waals surface area contributed by atoms with Crippen LogP contribution in [0.2, 0.25) is 0 Å². The van der Waals surface area contributed by atoms with Gasteiger partial charge in [-0.15, -0.1) is 11.3 Å². The van der Waals surface area contributed by atoms with E-state index in [2.05, 4.69) is 43.7 Å². The quantitative estimate of drug-likeness (QED) is 0.682. The second-order valence-electron chi connectivity index (χ2n) is 4.63. The van der Waals surface area contributed by atoms with Gasteiger partial charge in [0.2, 0.25) is 0 Å². The topological polar surface area (TPSA) is 50.9 Å². The summed E-state index contributed by atoms with van der Waals surface area (Å²) in [7, 11) is 0. The third kappa shape index (κ3) is 2.64. The summed E-state index contributed by atoms with van der Waals surface area (Å²) in [6.07, 6.45) is 0. The molecular formula is C15H14BrN3S. The smallest absolute Gasteiger partial charge is 0.0727 e. The lowest BCUT2D eigenvalue weighted by Crippen LogP contribution is -2.00. The summed E-state index contributed by atoms with van der Waals surface area (Å²) in [5, 5.41) is 6.62. The summed E-state index contributed by atoms with van der Waals surface area (Å²) < 4.78 is 1.14. The molecule has 0 aliphatic heterocycles. The van der Waals surface area contributed by atoms with Gasteiger partial charge in [-0.2, -0.15) is 0 Å². The Morgan fingerprint density at radius 3 is 2.90 bits per heavy atom. The number of pyridine rings is 1. The summed E-state index contributed by atoms with van der Waals surface area (Å²) in [5.41, 5.74) is 9.67. The van der Waals surface area contributed by atoms with E-state index in [1.165, 1.54) is 4.88 Å². The van der Waals surface area contributed by atoms with E-state index in [1.54, 1.807) is 11.3 Å². The number of aryl methyl sites for hydroxylation is 1. The number of nitrogen functional groups attached to an aromatic ring is 1. The summed E-state index contributed by atoms with van der Waals surface area (Å²) in [6, 6.07) is 9.94. The molecule has 0 saturated carbocycles. The fourth-order valence-corrected chi connectivity index (χ4v) is 3.58. The number of nitrogens with two attached hydrogens (primary N) is 1. The van der Waals surface area contributed by atoms with Crippen LogP contribution >= 0.6 is 27.3 Å². The van der Waals surface area contributed by atoms with Gasteiger partial charge >= 0.3 is 0 Å². The van der Waals surface area contributed by atoms with Gasteiger partial charge in [0.05, 0.1) is 12.1 Å². The Labute approximate surface area is 130 Å². The molecule has 0 saturated heterocycles. The Hall–Kier alpha value is -1.59. The minimum Gasteiger partial charge on any atom is -0.399 e. The molecule has 2 heterocycles. The lowest BCUT2D eigenvalue weighted by molar-refractivity contribution is 1.17. The van der Waals surface area contributed by atoms with Crippen LogP contribution in [0.4, 0.5) is 11.4 Å². The van der Waals surface area contributed by atoms with E-state index >= 15 is 0 Å². The van der Waals surface area contributed by atoms with Gasteiger partial charge < -0.3 is 11.1 Å². The van der Waals surface area contributed by atoms with Crippen molar-refractivity contribution in [3.63, 3.8) is 0 Å². The molecule has 0 spiro atoms. The molecule has 0 fully saturated rings. The van der Waals surface area contributed by atoms with Crippen LogP contribution in [0.5, 0.6) is 0 Å². The van der Waals surface area contributed by atoms with Gasteiger partial charge in [0.25, 0.3) is 0 Å². The van der Waals surface area contributed by atoms with Gasteiger partial charge in [-0.25, -0.2) is 0 Å². The number of rotatable bonds is 3. The number of nitrogens with zero attached hydrogens (tertiary/aromatic N) is 1. The van der Waals surface area contributed by atoms with Gasteiger partial charge in [0, 0.05) is 31.8 Å². The van der Waals surface area contributed by atoms with Crippen molar-refractivity contribution in [1.29, 1.82) is 0 Å². The molecule has 3 nitrogen and oxygen atoms in total. The molecule has 2 aromatic heterocycles. The second-order valence-corrected chi connectivity index (χ2v) is 6.49. The molecule has 3 aromatic rings. The summed E-state index contributed by atoms with van der Waals surface area (Å²) >= 11 is 5.29. The van der Waals surface area contributed by atoms with E-state index in [4.69, 9.17) is 5.73 Å². The van der Waals surface area contributed by atoms with Crippen molar-refractivity contribution < 1.29 is 0 Å². The fraction of sp³-hybridized carbons (Fsp3) is 0.133. The molecule has 1 aromatic carbocycles. The highest BCUT2D eigenvalue weighted by Gasteiger charge is 2.06. The number of nitrogens with one attached hydrogen (secondary N) is 1. The first-order valence-corrected chi connectivity index (χ1v) is 7.93. The fourth-order valence-electron chi connectivity index (χ4n) is 2.15. The zero-order valence-corrected chi connectivity index (χ0v) is 13.4. The van der Waals surface area contributed by atoms with E-state index < -0.39 is 0 Å². The molecule has 5 heteroatoms. The maximum absolute atomic E-state index is 5.88. The van der Waals surface area contributed by atoms with Crippen LogP contribution in [0.15, 0.2) is 40.2 Å². The van der Waals surface area contributed by atoms with Gasteiger partial charge in [0.1, 0.15) is 0 Å². The minimum absolute atomic E-state index is 0.753. The predicted molar refractivity (Wildman–Crippen MR) is 90.2 cm³/mol. The lowest BCUT2D eigenvalue weighted by Gasteiger charge is -2.11. The molecule has 0 atom stereocenters. The molecular weight excluding hydrogens is 334 g/mol. The van der Waals surface area contributed by atoms with Crippen molar-refractivity contribution in [1.82, 2.24) is 4.98 Å². The first kappa shape index (κ1) is 13.4. The highest BCUT2D eigenvalue weighted by molar-refractivity contribution is 9.10. The van der Waals surface area contributed by atoms with Crippen molar-refractivity contribution >= 4 is 49.5 Å². The third-order valence-corrected chi connectivity index (χ3v) is 5.02. The number of hydrogen-bond donors (Lipinski definition) is 2. The zero-order valence-electron chi connectivity index (χ0n) is 11.0. The molecule has 0 bridgehead atoms. The molecule has 0 aliphatic carbocycles. The van der Waals surface area contributed by atoms with E-state index in [0.717, 1.165) is 39.0 Å². The highest BCUT2D eigenvalue weighted by Crippen LogP contribution is 2.28. The third-order valence-electron chi connectivity index (χ3n) is 3.09. The van der Waals surface area contributed by atoms with Crippen LogP contribution in [0, 0.1) is 6.92 Å². The number of anilines is 2. The number of aromatic nitrogens is 1. The van der Waals surface area contributed by atoms with Gasteiger partial charge in [-0.05, 0) is 58.6 Å². The number of hydrogen-bond acceptors (Lipinski definition) is 4. The molecule has 0 radical (unpaired) electrons. The maximum Gasteiger partial charge on any atom is 0.0727 e. The number of fused-ring (bicyclic) bond motifs is 1. The molecule has 0 aliphatic rings. The SMILES string of the molecule is Cc1cc(NCc2sccc2Br)c2cc(N)ccc2n1. The zero-order chi connectivity index (χ0) is 14.1. The molecule has 20 heavy (non-hydrogen) atoms. The van der Waals surface area contributed by atoms with E-state index in [-0.39, 0.29) is 0 Å². The van der Waals surface area contributed by atoms with Crippen molar-refractivity contribution in [2.75, 3.05) is 11.1 Å². The van der Waals surface area contributed by atoms with Crippen LogP contribution in [-0.4, -0.2) is 4.98 Å². The van der Waals surface area contributed by atoms with Crippen molar-refractivity contribution in [2.45, 2.75) is 13.5 Å². The van der Waals surface area contributed by atoms with Gasteiger partial charge in [-0.1, -0.05) is 0 Å². The Morgan fingerprint density at radius 2 is 2.15 bits per heavy atom. The monoisotopic (exact) mass is 347 g/mol. The first-order chi connectivity index (χ1) is 9.63. The van der Waals surface area contributed by atoms with Crippen molar-refractivity contribution in [3.05, 3.63) is 50.8 Å². The van der Waals surface area contributed by atoms with Crippen LogP contribution in [0.25, 0.3) is 10.9 Å². The van der Waals surface area contributed by atoms with Crippen molar-refractivity contribution in [2.24, 2.45) is 0 Å². The Balaban J connectivity index is 1.98. The van der Waals surface area contributed by atoms with Crippen molar-refractivity contribution in [3.8, 4) is 0 Å². The Morgan fingerprint density at radius 1 is 1.30 bits per heavy atom. The molecule has 102 valence electrons. The van der Waals surface area contributed by atoms with Gasteiger partial charge in [0.15, 0.2) is 0 Å². The van der Waals surface area contributed by atoms with E-state index in [9.17, 15) is 0 Å². The average molecular weight is 348 g/mol. The number of thiophene rings is 1. The summed E-state index contributed by atoms with van der Waals surface area (Å²) in [5.74, 6) is 0. The number of benzene rings is 1. The second kappa shape index (κ2) is 5.42. The normalized spacial score (nSPS) is 10.9. The highest BCUT2D eigenvalue weighted by atomic mass is 79.9. The predicted octanol–water partition coefficient (Wildman–Crippen LogP) is 4.56. The lowest BCUT2D eigenvalue weighted by atomic mass is 10.1. The summed E-state index contributed by atoms with van der Waals surface area (Å²) in [4.78, 5) is 5.81. The molecule has 3 rings (SSSR count). The first-order valence-electron chi connectivity index (χ1n) is 6.26. The standard InChI is InChI=1S/C15H14BrN3S/c1-9-6-14(18-8-15-12(16)4-5-20-15)11-7-10(17)2-3-13(11)19-9/h2-7H,8,17H2,1H3,(H,18,19). The maximum atomic E-state index is 5.88. The Bertz CT molecular complexity index is 767. The van der Waals surface area contributed by atoms with Gasteiger partial charge in [-0.3, -0.25) is 4.98 Å². The van der Waals surface area contributed by atoms with Crippen LogP contribution in [0.1, 0.15) is 10.6 Å². The number of halogens is 1. The molecule has 3 N–H and O–H groups in total. The minimum atomic E-state index is 0.753. The molecule has 0 amide bonds. The van der Waals surface area contributed by atoms with Crippen LogP contribution in [0.3, 0.4) is 0 Å². The van der Waals surface area contributed by atoms with E-state index in [0.29, 0.717) is 0 Å². The summed E-state index contributed by atoms with van der Waals surface area (Å²) in [6.45, 7) is 2.79. The van der Waals surface area contributed by atoms with Crippen LogP contribution < -0.4 is 11.1 Å². The average Bonchev–Trinajstić information content (AvgIpc) is 2.82. The van der Waals surface area contributed by atoms with E-state index in [1.807, 2.05) is 25.1 Å². The Kier molecular flexibility index (Phi) is 3.63. The molecule has 0 unspecified atom stereocenters. The largest absolute Gasteiger partial charge is 0.399 e. The van der Waals surface area contributed by atoms with Crippen LogP contribution in [-0.2, 0) is 6.54 Å².